The van der Waals surface area contributed by atoms with E-state index in [1.54, 1.807) is 31.8 Å². The molecule has 7 heteroatoms. The van der Waals surface area contributed by atoms with Gasteiger partial charge in [0, 0.05) is 47.9 Å². The highest BCUT2D eigenvalue weighted by Gasteiger charge is 2.20. The Kier molecular flexibility index (Phi) is 5.31. The molecular weight excluding hydrogens is 371 g/mol. The number of hydrogen-bond donors (Lipinski definition) is 0. The zero-order valence-corrected chi connectivity index (χ0v) is 15.6. The molecule has 0 amide bonds. The molecule has 0 radical (unpaired) electrons. The van der Waals surface area contributed by atoms with Crippen LogP contribution in [-0.2, 0) is 11.2 Å². The van der Waals surface area contributed by atoms with Crippen molar-refractivity contribution in [3.05, 3.63) is 95.7 Å². The van der Waals surface area contributed by atoms with Gasteiger partial charge in [-0.25, -0.2) is 14.4 Å². The Morgan fingerprint density at radius 2 is 1.90 bits per heavy atom. The van der Waals surface area contributed by atoms with Crippen LogP contribution in [0.2, 0.25) is 0 Å². The van der Waals surface area contributed by atoms with Crippen molar-refractivity contribution in [2.45, 2.75) is 12.5 Å². The van der Waals surface area contributed by atoms with Crippen molar-refractivity contribution in [2.24, 2.45) is 0 Å². The van der Waals surface area contributed by atoms with Crippen molar-refractivity contribution < 1.29 is 13.9 Å². The summed E-state index contributed by atoms with van der Waals surface area (Å²) in [5.41, 5.74) is 3.12. The molecule has 0 aliphatic carbocycles. The van der Waals surface area contributed by atoms with E-state index in [0.29, 0.717) is 16.8 Å². The number of nitrogens with zero attached hydrogens (tertiary/aromatic N) is 4. The fourth-order valence-corrected chi connectivity index (χ4v) is 3.26. The van der Waals surface area contributed by atoms with Gasteiger partial charge in [-0.1, -0.05) is 6.07 Å². The number of carbonyl (C=O) groups excluding carboxylic acids is 1. The van der Waals surface area contributed by atoms with Crippen LogP contribution in [0.25, 0.3) is 10.9 Å². The molecule has 3 aromatic heterocycles. The Morgan fingerprint density at radius 3 is 2.62 bits per heavy atom. The molecule has 0 fully saturated rings. The van der Waals surface area contributed by atoms with Crippen LogP contribution in [0.5, 0.6) is 0 Å². The maximum absolute atomic E-state index is 13.1. The van der Waals surface area contributed by atoms with E-state index in [1.807, 2.05) is 18.2 Å². The van der Waals surface area contributed by atoms with E-state index in [0.717, 1.165) is 22.7 Å². The molecule has 4 aromatic rings. The molecule has 4 rings (SSSR count). The van der Waals surface area contributed by atoms with Gasteiger partial charge in [-0.05, 0) is 35.9 Å². The Balaban J connectivity index is 1.78. The van der Waals surface area contributed by atoms with Gasteiger partial charge in [0.1, 0.15) is 18.2 Å². The smallest absolute Gasteiger partial charge is 0.171 e. The average molecular weight is 388 g/mol. The normalized spacial score (nSPS) is 12.1. The number of aromatic nitrogens is 4. The first-order chi connectivity index (χ1) is 14.2. The second-order valence-electron chi connectivity index (χ2n) is 6.50. The molecule has 0 saturated heterocycles. The highest BCUT2D eigenvalue weighted by Crippen LogP contribution is 2.29. The maximum Gasteiger partial charge on any atom is 0.171 e. The van der Waals surface area contributed by atoms with Crippen molar-refractivity contribution in [3.8, 4) is 0 Å². The molecule has 1 atom stereocenters. The van der Waals surface area contributed by atoms with E-state index in [1.165, 1.54) is 18.5 Å². The molecule has 1 aromatic carbocycles. The minimum absolute atomic E-state index is 0.0432. The first-order valence-corrected chi connectivity index (χ1v) is 8.95. The van der Waals surface area contributed by atoms with Crippen molar-refractivity contribution in [1.82, 2.24) is 19.9 Å². The monoisotopic (exact) mass is 388 g/mol. The summed E-state index contributed by atoms with van der Waals surface area (Å²) in [4.78, 5) is 29.6. The van der Waals surface area contributed by atoms with Gasteiger partial charge >= 0.3 is 0 Å². The number of ketones is 1. The van der Waals surface area contributed by atoms with Crippen LogP contribution in [0.1, 0.15) is 33.3 Å². The van der Waals surface area contributed by atoms with Gasteiger partial charge in [0.05, 0.1) is 18.1 Å². The third kappa shape index (κ3) is 4.00. The SMILES string of the molecule is COC(c1cncnc1)c1cc(C(=O)Cc2ccc(F)cn2)c2ncccc2c1. The number of carbonyl (C=O) groups is 1. The molecule has 29 heavy (non-hydrogen) atoms. The second-order valence-corrected chi connectivity index (χ2v) is 6.50. The van der Waals surface area contributed by atoms with Gasteiger partial charge in [0.2, 0.25) is 0 Å². The van der Waals surface area contributed by atoms with Crippen LogP contribution >= 0.6 is 0 Å². The molecule has 1 unspecified atom stereocenters. The van der Waals surface area contributed by atoms with E-state index in [4.69, 9.17) is 4.74 Å². The lowest BCUT2D eigenvalue weighted by Crippen LogP contribution is -2.10. The fraction of sp³-hybridized carbons (Fsp3) is 0.136. The molecule has 0 saturated carbocycles. The fourth-order valence-electron chi connectivity index (χ4n) is 3.26. The molecule has 0 N–H and O–H groups in total. The zero-order valence-electron chi connectivity index (χ0n) is 15.6. The van der Waals surface area contributed by atoms with E-state index < -0.39 is 11.9 Å². The Hall–Kier alpha value is -3.58. The minimum Gasteiger partial charge on any atom is -0.372 e. The van der Waals surface area contributed by atoms with Crippen LogP contribution < -0.4 is 0 Å². The second kappa shape index (κ2) is 8.20. The van der Waals surface area contributed by atoms with Crippen LogP contribution in [0, 0.1) is 5.82 Å². The summed E-state index contributed by atoms with van der Waals surface area (Å²) >= 11 is 0. The number of hydrogen-bond acceptors (Lipinski definition) is 6. The third-order valence-electron chi connectivity index (χ3n) is 4.58. The van der Waals surface area contributed by atoms with Crippen molar-refractivity contribution in [2.75, 3.05) is 7.11 Å². The lowest BCUT2D eigenvalue weighted by molar-refractivity contribution is 0.0992. The number of benzene rings is 1. The summed E-state index contributed by atoms with van der Waals surface area (Å²) in [6, 6.07) is 10.2. The predicted molar refractivity (Wildman–Crippen MR) is 105 cm³/mol. The Bertz CT molecular complexity index is 1150. The van der Waals surface area contributed by atoms with E-state index >= 15 is 0 Å². The zero-order chi connectivity index (χ0) is 20.2. The summed E-state index contributed by atoms with van der Waals surface area (Å²) in [5, 5.41) is 0.819. The largest absolute Gasteiger partial charge is 0.372 e. The highest BCUT2D eigenvalue weighted by atomic mass is 19.1. The van der Waals surface area contributed by atoms with E-state index in [9.17, 15) is 9.18 Å². The highest BCUT2D eigenvalue weighted by molar-refractivity contribution is 6.07. The summed E-state index contributed by atoms with van der Waals surface area (Å²) < 4.78 is 18.8. The number of methoxy groups -OCH3 is 1. The Labute approximate surface area is 166 Å². The number of rotatable bonds is 6. The van der Waals surface area contributed by atoms with Gasteiger partial charge in [0.15, 0.2) is 5.78 Å². The average Bonchev–Trinajstić information content (AvgIpc) is 2.76. The molecule has 0 bridgehead atoms. The van der Waals surface area contributed by atoms with Gasteiger partial charge in [-0.15, -0.1) is 0 Å². The van der Waals surface area contributed by atoms with Crippen molar-refractivity contribution >= 4 is 16.7 Å². The molecule has 144 valence electrons. The topological polar surface area (TPSA) is 77.9 Å². The van der Waals surface area contributed by atoms with Crippen LogP contribution in [0.15, 0.2) is 67.5 Å². The summed E-state index contributed by atoms with van der Waals surface area (Å²) in [7, 11) is 1.59. The molecule has 0 aliphatic rings. The van der Waals surface area contributed by atoms with E-state index in [-0.39, 0.29) is 12.2 Å². The lowest BCUT2D eigenvalue weighted by atomic mass is 9.95. The molecular formula is C22H17FN4O2. The minimum atomic E-state index is -0.441. The van der Waals surface area contributed by atoms with Crippen molar-refractivity contribution in [3.63, 3.8) is 0 Å². The van der Waals surface area contributed by atoms with E-state index in [2.05, 4.69) is 19.9 Å². The number of pyridine rings is 2. The number of ether oxygens (including phenoxy) is 1. The number of Topliss-reactive ketones (excluding diaryl/α,β-unsaturated/α-hetero) is 1. The summed E-state index contributed by atoms with van der Waals surface area (Å²) in [6.07, 6.45) is 7.17. The van der Waals surface area contributed by atoms with Crippen LogP contribution in [0.4, 0.5) is 4.39 Å². The van der Waals surface area contributed by atoms with Crippen LogP contribution in [0.3, 0.4) is 0 Å². The first kappa shape index (κ1) is 18.8. The molecule has 0 spiro atoms. The Morgan fingerprint density at radius 1 is 1.07 bits per heavy atom. The lowest BCUT2D eigenvalue weighted by Gasteiger charge is -2.17. The number of halogens is 1. The molecule has 6 nitrogen and oxygen atoms in total. The number of fused-ring (bicyclic) bond motifs is 1. The van der Waals surface area contributed by atoms with Crippen LogP contribution in [-0.4, -0.2) is 32.8 Å². The molecule has 3 heterocycles. The van der Waals surface area contributed by atoms with Gasteiger partial charge in [0.25, 0.3) is 0 Å². The van der Waals surface area contributed by atoms with Gasteiger partial charge in [-0.2, -0.15) is 0 Å². The maximum atomic E-state index is 13.1. The van der Waals surface area contributed by atoms with Gasteiger partial charge < -0.3 is 4.74 Å². The predicted octanol–water partition coefficient (Wildman–Crippen LogP) is 3.72. The van der Waals surface area contributed by atoms with Gasteiger partial charge in [-0.3, -0.25) is 14.8 Å². The first-order valence-electron chi connectivity index (χ1n) is 8.95. The summed E-state index contributed by atoms with van der Waals surface area (Å²) in [5.74, 6) is -0.600. The standard InChI is InChI=1S/C22H17FN4O2/c1-29-22(16-10-24-13-25-11-16)15-7-14-3-2-6-26-21(14)19(8-15)20(28)9-18-5-4-17(23)12-27-18/h2-8,10-13,22H,9H2,1H3. The molecule has 0 aliphatic heterocycles. The summed E-state index contributed by atoms with van der Waals surface area (Å²) in [6.45, 7) is 0. The van der Waals surface area contributed by atoms with Crippen molar-refractivity contribution in [1.29, 1.82) is 0 Å². The quantitative estimate of drug-likeness (QED) is 0.469. The third-order valence-corrected chi connectivity index (χ3v) is 4.58.